The lowest BCUT2D eigenvalue weighted by Gasteiger charge is -2.25. The van der Waals surface area contributed by atoms with E-state index >= 15 is 0 Å². The number of hydrogen-bond acceptors (Lipinski definition) is 5. The van der Waals surface area contributed by atoms with Crippen LogP contribution in [-0.4, -0.2) is 38.2 Å². The molecule has 0 radical (unpaired) electrons. The average molecular weight is 424 g/mol. The van der Waals surface area contributed by atoms with Gasteiger partial charge in [-0.25, -0.2) is 0 Å². The molecule has 2 aromatic carbocycles. The molecule has 2 atom stereocenters. The minimum Gasteiger partial charge on any atom is -0.493 e. The zero-order valence-electron chi connectivity index (χ0n) is 18.8. The fourth-order valence-corrected chi connectivity index (χ4v) is 4.55. The molecule has 0 bridgehead atoms. The van der Waals surface area contributed by atoms with Crippen molar-refractivity contribution in [1.29, 1.82) is 0 Å². The van der Waals surface area contributed by atoms with Crippen molar-refractivity contribution in [2.24, 2.45) is 5.92 Å². The van der Waals surface area contributed by atoms with Gasteiger partial charge < -0.3 is 19.5 Å². The number of nitrogens with one attached hydrogen (secondary N) is 1. The van der Waals surface area contributed by atoms with E-state index in [-0.39, 0.29) is 11.9 Å². The molecule has 2 unspecified atom stereocenters. The number of carbonyl (C=O) groups excluding carboxylic acids is 1. The molecule has 0 saturated carbocycles. The highest BCUT2D eigenvalue weighted by molar-refractivity contribution is 6.23. The van der Waals surface area contributed by atoms with Gasteiger partial charge in [-0.1, -0.05) is 32.9 Å². The third-order valence-corrected chi connectivity index (χ3v) is 6.08. The lowest BCUT2D eigenvalue weighted by molar-refractivity contribution is 0.104. The molecule has 0 aromatic heterocycles. The third kappa shape index (κ3) is 4.29. The first-order valence-electron chi connectivity index (χ1n) is 11.7. The fourth-order valence-electron chi connectivity index (χ4n) is 4.55. The van der Waals surface area contributed by atoms with Gasteiger partial charge in [0.15, 0.2) is 5.78 Å². The van der Waals surface area contributed by atoms with E-state index in [1.165, 1.54) is 0 Å². The van der Waals surface area contributed by atoms with E-state index in [0.29, 0.717) is 41.8 Å². The van der Waals surface area contributed by atoms with Crippen LogP contribution >= 0.6 is 0 Å². The average Bonchev–Trinajstić information content (AvgIpc) is 3.42. The first-order valence-corrected chi connectivity index (χ1v) is 11.7. The second-order valence-corrected chi connectivity index (χ2v) is 8.37. The standard InChI is InChI=1S/C26H33NO4/c1-4-12-29-18-14-20-25(23(15-18)30-13-5-2)24-19(26(20)28)8-7-9-22(24)31-21(6-3)17-10-11-27-16-17/h7-9,14-15,17,21,27H,4-6,10-13,16H2,1-3H3. The number of benzene rings is 2. The van der Waals surface area contributed by atoms with Crippen LogP contribution in [0.25, 0.3) is 11.1 Å². The minimum atomic E-state index is 0.00864. The molecular weight excluding hydrogens is 390 g/mol. The van der Waals surface area contributed by atoms with Crippen LogP contribution in [0.4, 0.5) is 0 Å². The second-order valence-electron chi connectivity index (χ2n) is 8.37. The molecule has 1 heterocycles. The maximum Gasteiger partial charge on any atom is 0.194 e. The van der Waals surface area contributed by atoms with Gasteiger partial charge in [-0.3, -0.25) is 4.79 Å². The smallest absolute Gasteiger partial charge is 0.194 e. The summed E-state index contributed by atoms with van der Waals surface area (Å²) in [4.78, 5) is 13.3. The SMILES string of the molecule is CCCOc1cc(OCCC)c2c(c1)C(=O)c1cccc(OC(CC)C3CCNC3)c1-2. The van der Waals surface area contributed by atoms with Crippen molar-refractivity contribution >= 4 is 5.78 Å². The molecule has 1 fully saturated rings. The lowest BCUT2D eigenvalue weighted by atomic mass is 9.98. The largest absolute Gasteiger partial charge is 0.493 e. The predicted molar refractivity (Wildman–Crippen MR) is 123 cm³/mol. The number of ether oxygens (including phenoxy) is 3. The Labute approximate surface area is 185 Å². The third-order valence-electron chi connectivity index (χ3n) is 6.08. The van der Waals surface area contributed by atoms with Gasteiger partial charge in [-0.05, 0) is 44.4 Å². The van der Waals surface area contributed by atoms with Crippen molar-refractivity contribution in [3.8, 4) is 28.4 Å². The summed E-state index contributed by atoms with van der Waals surface area (Å²) in [5, 5.41) is 3.44. The Hall–Kier alpha value is -2.53. The van der Waals surface area contributed by atoms with Gasteiger partial charge >= 0.3 is 0 Å². The molecule has 31 heavy (non-hydrogen) atoms. The Morgan fingerprint density at radius 2 is 1.77 bits per heavy atom. The second kappa shape index (κ2) is 9.73. The molecule has 1 N–H and O–H groups in total. The number of carbonyl (C=O) groups is 1. The van der Waals surface area contributed by atoms with Gasteiger partial charge in [0, 0.05) is 40.8 Å². The Morgan fingerprint density at radius 3 is 2.48 bits per heavy atom. The summed E-state index contributed by atoms with van der Waals surface area (Å²) in [6, 6.07) is 9.56. The quantitative estimate of drug-likeness (QED) is 0.483. The van der Waals surface area contributed by atoms with Gasteiger partial charge in [0.2, 0.25) is 0 Å². The predicted octanol–water partition coefficient (Wildman–Crippen LogP) is 5.24. The van der Waals surface area contributed by atoms with Crippen LogP contribution in [0.2, 0.25) is 0 Å². The van der Waals surface area contributed by atoms with E-state index in [1.807, 2.05) is 30.3 Å². The summed E-state index contributed by atoms with van der Waals surface area (Å²) < 4.78 is 18.5. The molecule has 4 rings (SSSR count). The molecule has 2 aliphatic rings. The van der Waals surface area contributed by atoms with Gasteiger partial charge in [0.25, 0.3) is 0 Å². The topological polar surface area (TPSA) is 56.8 Å². The van der Waals surface area contributed by atoms with Crippen LogP contribution in [0.15, 0.2) is 30.3 Å². The van der Waals surface area contributed by atoms with Crippen LogP contribution in [0.5, 0.6) is 17.2 Å². The van der Waals surface area contributed by atoms with Crippen molar-refractivity contribution in [3.63, 3.8) is 0 Å². The molecule has 2 aromatic rings. The van der Waals surface area contributed by atoms with E-state index in [9.17, 15) is 4.79 Å². The highest BCUT2D eigenvalue weighted by Crippen LogP contribution is 2.49. The van der Waals surface area contributed by atoms with Crippen LogP contribution in [0, 0.1) is 5.92 Å². The number of fused-ring (bicyclic) bond motifs is 3. The van der Waals surface area contributed by atoms with Gasteiger partial charge in [0.1, 0.15) is 23.4 Å². The van der Waals surface area contributed by atoms with E-state index in [2.05, 4.69) is 26.1 Å². The summed E-state index contributed by atoms with van der Waals surface area (Å²) in [5.74, 6) is 2.64. The Balaban J connectivity index is 1.77. The summed E-state index contributed by atoms with van der Waals surface area (Å²) in [6.45, 7) is 9.51. The molecule has 1 aliphatic carbocycles. The summed E-state index contributed by atoms with van der Waals surface area (Å²) in [7, 11) is 0. The molecule has 0 amide bonds. The van der Waals surface area contributed by atoms with Gasteiger partial charge in [0.05, 0.1) is 13.2 Å². The minimum absolute atomic E-state index is 0.00864. The number of rotatable bonds is 10. The zero-order valence-corrected chi connectivity index (χ0v) is 18.8. The van der Waals surface area contributed by atoms with E-state index in [1.54, 1.807) is 0 Å². The van der Waals surface area contributed by atoms with Crippen LogP contribution in [-0.2, 0) is 0 Å². The van der Waals surface area contributed by atoms with Crippen LogP contribution in [0.1, 0.15) is 62.4 Å². The van der Waals surface area contributed by atoms with E-state index in [4.69, 9.17) is 14.2 Å². The van der Waals surface area contributed by atoms with Crippen LogP contribution < -0.4 is 19.5 Å². The molecule has 5 heteroatoms. The maximum atomic E-state index is 13.3. The molecule has 0 spiro atoms. The molecular formula is C26H33NO4. The Bertz CT molecular complexity index is 933. The van der Waals surface area contributed by atoms with E-state index < -0.39 is 0 Å². The fraction of sp³-hybridized carbons (Fsp3) is 0.500. The first-order chi connectivity index (χ1) is 15.2. The van der Waals surface area contributed by atoms with Crippen molar-refractivity contribution in [2.75, 3.05) is 26.3 Å². The monoisotopic (exact) mass is 423 g/mol. The first kappa shape index (κ1) is 21.7. The highest BCUT2D eigenvalue weighted by Gasteiger charge is 2.35. The van der Waals surface area contributed by atoms with Gasteiger partial charge in [-0.15, -0.1) is 0 Å². The van der Waals surface area contributed by atoms with Crippen LogP contribution in [0.3, 0.4) is 0 Å². The zero-order chi connectivity index (χ0) is 21.8. The number of hydrogen-bond donors (Lipinski definition) is 1. The molecule has 1 aliphatic heterocycles. The molecule has 166 valence electrons. The molecule has 5 nitrogen and oxygen atoms in total. The summed E-state index contributed by atoms with van der Waals surface area (Å²) in [5.41, 5.74) is 3.02. The highest BCUT2D eigenvalue weighted by atomic mass is 16.5. The van der Waals surface area contributed by atoms with Crippen molar-refractivity contribution in [3.05, 3.63) is 41.5 Å². The van der Waals surface area contributed by atoms with Crippen molar-refractivity contribution in [1.82, 2.24) is 5.32 Å². The molecule has 1 saturated heterocycles. The Morgan fingerprint density at radius 1 is 1.00 bits per heavy atom. The summed E-state index contributed by atoms with van der Waals surface area (Å²) in [6.07, 6.45) is 3.96. The van der Waals surface area contributed by atoms with Gasteiger partial charge in [-0.2, -0.15) is 0 Å². The van der Waals surface area contributed by atoms with Crippen molar-refractivity contribution in [2.45, 2.75) is 52.6 Å². The normalized spacial score (nSPS) is 17.9. The summed E-state index contributed by atoms with van der Waals surface area (Å²) >= 11 is 0. The van der Waals surface area contributed by atoms with Crippen molar-refractivity contribution < 1.29 is 19.0 Å². The maximum absolute atomic E-state index is 13.3. The number of ketones is 1. The van der Waals surface area contributed by atoms with E-state index in [0.717, 1.165) is 55.6 Å². The lowest BCUT2D eigenvalue weighted by Crippen LogP contribution is -2.28. The Kier molecular flexibility index (Phi) is 6.81.